The van der Waals surface area contributed by atoms with Gasteiger partial charge in [0.25, 0.3) is 0 Å². The molecule has 2 atom stereocenters. The molecule has 0 radical (unpaired) electrons. The number of fused-ring (bicyclic) bond motifs is 1. The van der Waals surface area contributed by atoms with Gasteiger partial charge in [-0.3, -0.25) is 0 Å². The average molecular weight is 184 g/mol. The second-order valence-electron chi connectivity index (χ2n) is 3.51. The minimum absolute atomic E-state index is 0.0966. The zero-order chi connectivity index (χ0) is 9.59. The summed E-state index contributed by atoms with van der Waals surface area (Å²) in [6.45, 7) is 1.79. The van der Waals surface area contributed by atoms with Gasteiger partial charge in [-0.05, 0) is 30.0 Å². The molecular formula is C10H10F2O. The fourth-order valence-electron chi connectivity index (χ4n) is 1.99. The van der Waals surface area contributed by atoms with Gasteiger partial charge in [0.1, 0.15) is 11.6 Å². The van der Waals surface area contributed by atoms with E-state index < -0.39 is 17.7 Å². The molecule has 0 bridgehead atoms. The van der Waals surface area contributed by atoms with Gasteiger partial charge >= 0.3 is 0 Å². The normalized spacial score (nSPS) is 26.2. The van der Waals surface area contributed by atoms with Crippen LogP contribution >= 0.6 is 0 Å². The lowest BCUT2D eigenvalue weighted by Gasteiger charge is -2.06. The number of rotatable bonds is 0. The van der Waals surface area contributed by atoms with Gasteiger partial charge in [-0.1, -0.05) is 6.92 Å². The van der Waals surface area contributed by atoms with E-state index in [0.717, 1.165) is 12.1 Å². The summed E-state index contributed by atoms with van der Waals surface area (Å²) in [6, 6.07) is 2.18. The summed E-state index contributed by atoms with van der Waals surface area (Å²) in [7, 11) is 0. The highest BCUT2D eigenvalue weighted by Crippen LogP contribution is 2.42. The van der Waals surface area contributed by atoms with Crippen molar-refractivity contribution in [2.75, 3.05) is 0 Å². The fraction of sp³-hybridized carbons (Fsp3) is 0.400. The van der Waals surface area contributed by atoms with Crippen LogP contribution in [0, 0.1) is 11.6 Å². The summed E-state index contributed by atoms with van der Waals surface area (Å²) in [5, 5.41) is 9.45. The standard InChI is InChI=1S/C10H10F2O/c1-5-4-8(13)10-7(12)3-2-6(11)9(5)10/h2-3,5,8,13H,4H2,1H3. The van der Waals surface area contributed by atoms with Crippen LogP contribution in [0.25, 0.3) is 0 Å². The van der Waals surface area contributed by atoms with Gasteiger partial charge < -0.3 is 5.11 Å². The Morgan fingerprint density at radius 1 is 1.23 bits per heavy atom. The van der Waals surface area contributed by atoms with Crippen molar-refractivity contribution in [1.82, 2.24) is 0 Å². The lowest BCUT2D eigenvalue weighted by atomic mass is 10.0. The molecule has 3 heteroatoms. The third-order valence-electron chi connectivity index (χ3n) is 2.58. The predicted molar refractivity (Wildman–Crippen MR) is 44.3 cm³/mol. The highest BCUT2D eigenvalue weighted by Gasteiger charge is 2.32. The molecule has 0 saturated carbocycles. The molecule has 0 fully saturated rings. The first-order valence-corrected chi connectivity index (χ1v) is 4.27. The zero-order valence-corrected chi connectivity index (χ0v) is 7.22. The van der Waals surface area contributed by atoms with Crippen molar-refractivity contribution in [1.29, 1.82) is 0 Å². The van der Waals surface area contributed by atoms with Gasteiger partial charge in [-0.2, -0.15) is 0 Å². The van der Waals surface area contributed by atoms with Crippen LogP contribution in [0.1, 0.15) is 36.5 Å². The smallest absolute Gasteiger partial charge is 0.129 e. The molecule has 1 aromatic rings. The second kappa shape index (κ2) is 2.77. The number of aliphatic hydroxyl groups is 1. The van der Waals surface area contributed by atoms with Crippen LogP contribution in [0.2, 0.25) is 0 Å². The number of hydrogen-bond acceptors (Lipinski definition) is 1. The monoisotopic (exact) mass is 184 g/mol. The van der Waals surface area contributed by atoms with Crippen molar-refractivity contribution in [2.45, 2.75) is 25.4 Å². The van der Waals surface area contributed by atoms with E-state index in [2.05, 4.69) is 0 Å². The summed E-state index contributed by atoms with van der Waals surface area (Å²) < 4.78 is 26.4. The molecule has 1 aromatic carbocycles. The average Bonchev–Trinajstić information content (AvgIpc) is 2.36. The van der Waals surface area contributed by atoms with E-state index in [9.17, 15) is 13.9 Å². The molecule has 0 spiro atoms. The minimum atomic E-state index is -0.847. The third-order valence-corrected chi connectivity index (χ3v) is 2.58. The first-order valence-electron chi connectivity index (χ1n) is 4.27. The summed E-state index contributed by atoms with van der Waals surface area (Å²) in [5.41, 5.74) is 0.486. The van der Waals surface area contributed by atoms with Crippen LogP contribution in [-0.2, 0) is 0 Å². The summed E-state index contributed by atoms with van der Waals surface area (Å²) in [4.78, 5) is 0. The van der Waals surface area contributed by atoms with E-state index >= 15 is 0 Å². The molecule has 0 aliphatic heterocycles. The number of benzene rings is 1. The van der Waals surface area contributed by atoms with Crippen LogP contribution in [0.3, 0.4) is 0 Å². The Morgan fingerprint density at radius 2 is 1.77 bits per heavy atom. The van der Waals surface area contributed by atoms with Crippen molar-refractivity contribution in [3.63, 3.8) is 0 Å². The SMILES string of the molecule is CC1CC(O)c2c(F)ccc(F)c21. The first-order chi connectivity index (χ1) is 6.11. The lowest BCUT2D eigenvalue weighted by Crippen LogP contribution is -1.97. The Hall–Kier alpha value is -0.960. The molecule has 2 rings (SSSR count). The van der Waals surface area contributed by atoms with Crippen molar-refractivity contribution >= 4 is 0 Å². The van der Waals surface area contributed by atoms with Crippen molar-refractivity contribution in [3.05, 3.63) is 34.9 Å². The van der Waals surface area contributed by atoms with Crippen molar-refractivity contribution < 1.29 is 13.9 Å². The van der Waals surface area contributed by atoms with Crippen LogP contribution in [0.4, 0.5) is 8.78 Å². The Labute approximate surface area is 75.0 Å². The van der Waals surface area contributed by atoms with Crippen LogP contribution in [-0.4, -0.2) is 5.11 Å². The molecular weight excluding hydrogens is 174 g/mol. The molecule has 1 aliphatic carbocycles. The Kier molecular flexibility index (Phi) is 1.84. The Morgan fingerprint density at radius 3 is 2.31 bits per heavy atom. The molecule has 70 valence electrons. The van der Waals surface area contributed by atoms with E-state index in [1.54, 1.807) is 6.92 Å². The third kappa shape index (κ3) is 1.15. The largest absolute Gasteiger partial charge is 0.388 e. The molecule has 0 saturated heterocycles. The van der Waals surface area contributed by atoms with Gasteiger partial charge in [-0.25, -0.2) is 8.78 Å². The van der Waals surface area contributed by atoms with Crippen molar-refractivity contribution in [3.8, 4) is 0 Å². The number of aliphatic hydroxyl groups excluding tert-OH is 1. The van der Waals surface area contributed by atoms with Crippen LogP contribution in [0.5, 0.6) is 0 Å². The minimum Gasteiger partial charge on any atom is -0.388 e. The molecule has 1 N–H and O–H groups in total. The highest BCUT2D eigenvalue weighted by molar-refractivity contribution is 5.38. The van der Waals surface area contributed by atoms with Gasteiger partial charge in [-0.15, -0.1) is 0 Å². The Bertz CT molecular complexity index is 316. The van der Waals surface area contributed by atoms with Crippen LogP contribution < -0.4 is 0 Å². The van der Waals surface area contributed by atoms with E-state index in [0.29, 0.717) is 12.0 Å². The maximum absolute atomic E-state index is 13.2. The summed E-state index contributed by atoms with van der Waals surface area (Å²) in [5.74, 6) is -1.02. The maximum atomic E-state index is 13.2. The molecule has 0 aromatic heterocycles. The van der Waals surface area contributed by atoms with Gasteiger partial charge in [0, 0.05) is 5.56 Å². The first kappa shape index (κ1) is 8.63. The van der Waals surface area contributed by atoms with Gasteiger partial charge in [0.2, 0.25) is 0 Å². The highest BCUT2D eigenvalue weighted by atomic mass is 19.1. The summed E-state index contributed by atoms with van der Waals surface area (Å²) >= 11 is 0. The second-order valence-corrected chi connectivity index (χ2v) is 3.51. The Balaban J connectivity index is 2.67. The van der Waals surface area contributed by atoms with E-state index in [4.69, 9.17) is 0 Å². The molecule has 2 unspecified atom stereocenters. The molecule has 1 aliphatic rings. The lowest BCUT2D eigenvalue weighted by molar-refractivity contribution is 0.170. The zero-order valence-electron chi connectivity index (χ0n) is 7.22. The maximum Gasteiger partial charge on any atom is 0.129 e. The quantitative estimate of drug-likeness (QED) is 0.656. The topological polar surface area (TPSA) is 20.2 Å². The number of hydrogen-bond donors (Lipinski definition) is 1. The van der Waals surface area contributed by atoms with E-state index in [1.807, 2.05) is 0 Å². The van der Waals surface area contributed by atoms with Gasteiger partial charge in [0.15, 0.2) is 0 Å². The van der Waals surface area contributed by atoms with E-state index in [-0.39, 0.29) is 11.5 Å². The van der Waals surface area contributed by atoms with Crippen LogP contribution in [0.15, 0.2) is 12.1 Å². The van der Waals surface area contributed by atoms with Gasteiger partial charge in [0.05, 0.1) is 6.10 Å². The van der Waals surface area contributed by atoms with Crippen molar-refractivity contribution in [2.24, 2.45) is 0 Å². The predicted octanol–water partition coefficient (Wildman–Crippen LogP) is 2.51. The fourth-order valence-corrected chi connectivity index (χ4v) is 1.99. The molecule has 13 heavy (non-hydrogen) atoms. The number of halogens is 2. The van der Waals surface area contributed by atoms with E-state index in [1.165, 1.54) is 0 Å². The summed E-state index contributed by atoms with van der Waals surface area (Å²) in [6.07, 6.45) is -0.437. The molecule has 0 heterocycles. The molecule has 0 amide bonds. The molecule has 1 nitrogen and oxygen atoms in total.